The number of likely N-dealkylation sites (N-methyl/N-ethyl adjacent to an activating group) is 1. The van der Waals surface area contributed by atoms with Crippen molar-refractivity contribution >= 4 is 34.7 Å². The van der Waals surface area contributed by atoms with Gasteiger partial charge in [-0.1, -0.05) is 36.7 Å². The maximum Gasteiger partial charge on any atom is 0.252 e. The molecule has 4 rings (SSSR count). The third-order valence-electron chi connectivity index (χ3n) is 6.90. The average molecular weight is 518 g/mol. The number of benzene rings is 2. The molecule has 6 nitrogen and oxygen atoms in total. The minimum absolute atomic E-state index is 0.0932. The zero-order chi connectivity index (χ0) is 26.4. The summed E-state index contributed by atoms with van der Waals surface area (Å²) < 4.78 is 0. The molecule has 0 atom stereocenters. The molecule has 1 N–H and O–H groups in total. The number of hydrogen-bond donors (Lipinski definition) is 1. The highest BCUT2D eigenvalue weighted by Crippen LogP contribution is 2.24. The molecule has 1 fully saturated rings. The number of halogens is 1. The van der Waals surface area contributed by atoms with Gasteiger partial charge in [-0.3, -0.25) is 9.69 Å². The molecule has 0 bridgehead atoms. The number of rotatable bonds is 7. The fourth-order valence-corrected chi connectivity index (χ4v) is 4.45. The number of aliphatic imine (C=N–C) groups is 1. The zero-order valence-corrected chi connectivity index (χ0v) is 22.9. The molecule has 1 amide bonds. The lowest BCUT2D eigenvalue weighted by Crippen LogP contribution is -2.44. The Morgan fingerprint density at radius 2 is 1.70 bits per heavy atom. The molecule has 0 unspecified atom stereocenters. The number of anilines is 2. The van der Waals surface area contributed by atoms with Gasteiger partial charge in [-0.25, -0.2) is 4.99 Å². The van der Waals surface area contributed by atoms with Gasteiger partial charge in [0.25, 0.3) is 5.91 Å². The summed E-state index contributed by atoms with van der Waals surface area (Å²) in [7, 11) is 2.17. The summed E-state index contributed by atoms with van der Waals surface area (Å²) >= 11 is 6.07. The van der Waals surface area contributed by atoms with Gasteiger partial charge in [-0.2, -0.15) is 0 Å². The van der Waals surface area contributed by atoms with Crippen molar-refractivity contribution in [3.8, 4) is 0 Å². The van der Waals surface area contributed by atoms with Crippen LogP contribution in [0.3, 0.4) is 0 Å². The topological polar surface area (TPSA) is 51.2 Å². The first kappa shape index (κ1) is 26.7. The van der Waals surface area contributed by atoms with E-state index in [1.807, 2.05) is 43.3 Å². The van der Waals surface area contributed by atoms with Crippen molar-refractivity contribution in [2.24, 2.45) is 4.99 Å². The molecule has 0 saturated carbocycles. The first-order valence-corrected chi connectivity index (χ1v) is 13.3. The summed E-state index contributed by atoms with van der Waals surface area (Å²) in [6, 6.07) is 16.1. The molecule has 2 aromatic carbocycles. The summed E-state index contributed by atoms with van der Waals surface area (Å²) in [5.41, 5.74) is 5.20. The van der Waals surface area contributed by atoms with Crippen molar-refractivity contribution in [2.75, 3.05) is 43.4 Å². The molecular weight excluding hydrogens is 482 g/mol. The molecule has 2 heterocycles. The molecular formula is C30H36ClN5O. The normalized spacial score (nSPS) is 19.5. The van der Waals surface area contributed by atoms with Gasteiger partial charge >= 0.3 is 0 Å². The van der Waals surface area contributed by atoms with Gasteiger partial charge in [0.2, 0.25) is 0 Å². The Bertz CT molecular complexity index is 1220. The minimum atomic E-state index is -0.0932. The van der Waals surface area contributed by atoms with Gasteiger partial charge in [0, 0.05) is 54.2 Å². The zero-order valence-electron chi connectivity index (χ0n) is 22.2. The molecule has 0 spiro atoms. The summed E-state index contributed by atoms with van der Waals surface area (Å²) in [5, 5.41) is 4.19. The fraction of sp³-hybridized carbons (Fsp3) is 0.333. The number of amidine groups is 1. The van der Waals surface area contributed by atoms with Gasteiger partial charge in [-0.05, 0) is 80.9 Å². The van der Waals surface area contributed by atoms with Crippen LogP contribution in [0.1, 0.15) is 32.8 Å². The SMILES string of the molecule is C/C=C1/C=CC(=O)N(Cc2ccc(Cl)cc2)/C1=N/C(Nc1ccc(N2CCN(C)CC2)cc1)=C(\C)CC. The second-order valence-corrected chi connectivity index (χ2v) is 9.94. The summed E-state index contributed by atoms with van der Waals surface area (Å²) in [5.74, 6) is 1.30. The number of nitrogens with one attached hydrogen (secondary N) is 1. The van der Waals surface area contributed by atoms with E-state index in [1.54, 1.807) is 11.0 Å². The maximum absolute atomic E-state index is 13.0. The van der Waals surface area contributed by atoms with E-state index in [0.29, 0.717) is 17.4 Å². The van der Waals surface area contributed by atoms with Crippen LogP contribution < -0.4 is 10.2 Å². The van der Waals surface area contributed by atoms with E-state index in [-0.39, 0.29) is 5.91 Å². The van der Waals surface area contributed by atoms with Crippen LogP contribution in [-0.4, -0.2) is 54.8 Å². The Balaban J connectivity index is 1.61. The summed E-state index contributed by atoms with van der Waals surface area (Å²) in [6.45, 7) is 10.8. The van der Waals surface area contributed by atoms with Gasteiger partial charge in [0.15, 0.2) is 0 Å². The molecule has 194 valence electrons. The summed E-state index contributed by atoms with van der Waals surface area (Å²) in [4.78, 5) is 24.5. The first-order chi connectivity index (χ1) is 17.9. The van der Waals surface area contributed by atoms with E-state index in [1.165, 1.54) is 5.69 Å². The highest BCUT2D eigenvalue weighted by Gasteiger charge is 2.25. The lowest BCUT2D eigenvalue weighted by atomic mass is 10.1. The number of carbonyl (C=O) groups is 1. The van der Waals surface area contributed by atoms with Crippen molar-refractivity contribution in [3.63, 3.8) is 0 Å². The monoisotopic (exact) mass is 517 g/mol. The lowest BCUT2D eigenvalue weighted by Gasteiger charge is -2.34. The van der Waals surface area contributed by atoms with Crippen molar-refractivity contribution in [1.29, 1.82) is 0 Å². The summed E-state index contributed by atoms with van der Waals surface area (Å²) in [6.07, 6.45) is 6.26. The van der Waals surface area contributed by atoms with Crippen LogP contribution in [-0.2, 0) is 11.3 Å². The predicted molar refractivity (Wildman–Crippen MR) is 155 cm³/mol. The fourth-order valence-electron chi connectivity index (χ4n) is 4.32. The van der Waals surface area contributed by atoms with E-state index < -0.39 is 0 Å². The van der Waals surface area contributed by atoms with E-state index >= 15 is 0 Å². The highest BCUT2D eigenvalue weighted by atomic mass is 35.5. The Kier molecular flexibility index (Phi) is 8.85. The number of hydrogen-bond acceptors (Lipinski definition) is 5. The van der Waals surface area contributed by atoms with Crippen LogP contribution in [0.2, 0.25) is 5.02 Å². The van der Waals surface area contributed by atoms with Crippen LogP contribution in [0.4, 0.5) is 11.4 Å². The quantitative estimate of drug-likeness (QED) is 0.483. The third-order valence-corrected chi connectivity index (χ3v) is 7.15. The van der Waals surface area contributed by atoms with Crippen LogP contribution in [0, 0.1) is 0 Å². The number of carbonyl (C=O) groups excluding carboxylic acids is 1. The molecule has 0 radical (unpaired) electrons. The Morgan fingerprint density at radius 3 is 2.32 bits per heavy atom. The molecule has 2 aliphatic rings. The molecule has 2 aliphatic heterocycles. The number of amides is 1. The molecule has 0 aromatic heterocycles. The second-order valence-electron chi connectivity index (χ2n) is 9.51. The Morgan fingerprint density at radius 1 is 1.03 bits per heavy atom. The van der Waals surface area contributed by atoms with Gasteiger partial charge in [0.05, 0.1) is 6.54 Å². The molecule has 2 aromatic rings. The first-order valence-electron chi connectivity index (χ1n) is 12.9. The number of allylic oxidation sites excluding steroid dienone is 2. The largest absolute Gasteiger partial charge is 0.369 e. The van der Waals surface area contributed by atoms with Crippen LogP contribution in [0.25, 0.3) is 0 Å². The number of nitrogens with zero attached hydrogens (tertiary/aromatic N) is 4. The second kappa shape index (κ2) is 12.3. The van der Waals surface area contributed by atoms with Gasteiger partial charge in [-0.15, -0.1) is 0 Å². The van der Waals surface area contributed by atoms with E-state index in [9.17, 15) is 4.79 Å². The van der Waals surface area contributed by atoms with Crippen LogP contribution in [0.15, 0.2) is 88.7 Å². The Labute approximate surface area is 225 Å². The lowest BCUT2D eigenvalue weighted by molar-refractivity contribution is -0.123. The van der Waals surface area contributed by atoms with Crippen LogP contribution >= 0.6 is 11.6 Å². The van der Waals surface area contributed by atoms with E-state index in [4.69, 9.17) is 16.6 Å². The molecule has 0 aliphatic carbocycles. The van der Waals surface area contributed by atoms with Gasteiger partial charge < -0.3 is 15.1 Å². The highest BCUT2D eigenvalue weighted by molar-refractivity contribution is 6.30. The maximum atomic E-state index is 13.0. The van der Waals surface area contributed by atoms with E-state index in [0.717, 1.165) is 60.8 Å². The smallest absolute Gasteiger partial charge is 0.252 e. The number of piperazine rings is 1. The standard InChI is InChI=1S/C30H36ClN5O/c1-5-22(3)29(32-26-12-14-27(15-13-26)35-19-17-34(4)18-20-35)33-30-24(6-2)9-16-28(37)36(30)21-23-7-10-25(31)11-8-23/h6-16,32H,5,17-21H2,1-4H3/b24-6-,29-22+,33-30+. The van der Waals surface area contributed by atoms with Crippen molar-refractivity contribution in [3.05, 3.63) is 94.3 Å². The third kappa shape index (κ3) is 6.70. The molecule has 37 heavy (non-hydrogen) atoms. The minimum Gasteiger partial charge on any atom is -0.369 e. The van der Waals surface area contributed by atoms with Crippen molar-refractivity contribution < 1.29 is 4.79 Å². The average Bonchev–Trinajstić information content (AvgIpc) is 2.92. The van der Waals surface area contributed by atoms with Crippen molar-refractivity contribution in [2.45, 2.75) is 33.7 Å². The molecule has 1 saturated heterocycles. The predicted octanol–water partition coefficient (Wildman–Crippen LogP) is 6.09. The van der Waals surface area contributed by atoms with Crippen molar-refractivity contribution in [1.82, 2.24) is 9.80 Å². The molecule has 7 heteroatoms. The Hall–Kier alpha value is -3.35. The van der Waals surface area contributed by atoms with Gasteiger partial charge in [0.1, 0.15) is 11.7 Å². The van der Waals surface area contributed by atoms with Crippen LogP contribution in [0.5, 0.6) is 0 Å². The van der Waals surface area contributed by atoms with E-state index in [2.05, 4.69) is 60.3 Å².